The van der Waals surface area contributed by atoms with Crippen LogP contribution in [0.15, 0.2) is 0 Å². The van der Waals surface area contributed by atoms with Crippen molar-refractivity contribution >= 4 is 9.84 Å². The molecule has 0 spiro atoms. The molecule has 0 aromatic carbocycles. The molecule has 86 valence electrons. The minimum atomic E-state index is -2.84. The van der Waals surface area contributed by atoms with Crippen LogP contribution < -0.4 is 5.32 Å². The summed E-state index contributed by atoms with van der Waals surface area (Å²) >= 11 is 0. The Morgan fingerprint density at radius 1 is 1.29 bits per heavy atom. The molecular weight excluding hydrogens is 198 g/mol. The zero-order valence-corrected chi connectivity index (χ0v) is 10.7. The summed E-state index contributed by atoms with van der Waals surface area (Å²) in [5.41, 5.74) is -0.0899. The Labute approximate surface area is 88.2 Å². The third kappa shape index (κ3) is 8.51. The predicted molar refractivity (Wildman–Crippen MR) is 61.2 cm³/mol. The minimum Gasteiger partial charge on any atom is -0.312 e. The molecule has 0 radical (unpaired) electrons. The van der Waals surface area contributed by atoms with Gasteiger partial charge in [0.1, 0.15) is 9.84 Å². The van der Waals surface area contributed by atoms with Gasteiger partial charge in [0, 0.05) is 11.8 Å². The Morgan fingerprint density at radius 2 is 1.79 bits per heavy atom. The maximum atomic E-state index is 11.0. The van der Waals surface area contributed by atoms with Crippen LogP contribution in [0.1, 0.15) is 34.1 Å². The predicted octanol–water partition coefficient (Wildman–Crippen LogP) is 1.45. The first-order valence-electron chi connectivity index (χ1n) is 5.05. The van der Waals surface area contributed by atoms with Gasteiger partial charge >= 0.3 is 0 Å². The fourth-order valence-electron chi connectivity index (χ4n) is 1.01. The van der Waals surface area contributed by atoms with Crippen molar-refractivity contribution in [2.75, 3.05) is 18.6 Å². The van der Waals surface area contributed by atoms with E-state index in [1.165, 1.54) is 6.26 Å². The SMILES string of the molecule is CC(C)CNC(C)(C)CCS(C)(=O)=O. The molecule has 3 nitrogen and oxygen atoms in total. The Bertz CT molecular complexity index is 255. The summed E-state index contributed by atoms with van der Waals surface area (Å²) in [6.07, 6.45) is 1.95. The van der Waals surface area contributed by atoms with Crippen LogP contribution in [0.2, 0.25) is 0 Å². The topological polar surface area (TPSA) is 46.2 Å². The number of hydrogen-bond acceptors (Lipinski definition) is 3. The smallest absolute Gasteiger partial charge is 0.147 e. The zero-order valence-electron chi connectivity index (χ0n) is 9.92. The van der Waals surface area contributed by atoms with E-state index in [2.05, 4.69) is 19.2 Å². The van der Waals surface area contributed by atoms with Crippen molar-refractivity contribution in [1.29, 1.82) is 0 Å². The van der Waals surface area contributed by atoms with Crippen molar-refractivity contribution in [2.45, 2.75) is 39.7 Å². The van der Waals surface area contributed by atoms with Gasteiger partial charge in [-0.25, -0.2) is 8.42 Å². The Morgan fingerprint density at radius 3 is 2.14 bits per heavy atom. The first-order valence-corrected chi connectivity index (χ1v) is 7.11. The fraction of sp³-hybridized carbons (Fsp3) is 1.00. The Hall–Kier alpha value is -0.0900. The average Bonchev–Trinajstić information content (AvgIpc) is 1.97. The summed E-state index contributed by atoms with van der Waals surface area (Å²) in [6.45, 7) is 9.29. The quantitative estimate of drug-likeness (QED) is 0.738. The van der Waals surface area contributed by atoms with Crippen molar-refractivity contribution in [3.8, 4) is 0 Å². The maximum absolute atomic E-state index is 11.0. The van der Waals surface area contributed by atoms with E-state index in [0.717, 1.165) is 6.54 Å². The first kappa shape index (κ1) is 13.9. The maximum Gasteiger partial charge on any atom is 0.147 e. The van der Waals surface area contributed by atoms with E-state index in [4.69, 9.17) is 0 Å². The number of nitrogens with one attached hydrogen (secondary N) is 1. The van der Waals surface area contributed by atoms with Crippen LogP contribution in [-0.2, 0) is 9.84 Å². The van der Waals surface area contributed by atoms with Gasteiger partial charge in [0.2, 0.25) is 0 Å². The lowest BCUT2D eigenvalue weighted by Crippen LogP contribution is -2.42. The van der Waals surface area contributed by atoms with Gasteiger partial charge < -0.3 is 5.32 Å². The second kappa shape index (κ2) is 5.12. The van der Waals surface area contributed by atoms with E-state index in [9.17, 15) is 8.42 Å². The molecule has 4 heteroatoms. The highest BCUT2D eigenvalue weighted by Gasteiger charge is 2.19. The van der Waals surface area contributed by atoms with Crippen LogP contribution in [-0.4, -0.2) is 32.5 Å². The molecule has 1 N–H and O–H groups in total. The third-order valence-corrected chi connectivity index (χ3v) is 3.03. The molecule has 0 aliphatic carbocycles. The van der Waals surface area contributed by atoms with Crippen molar-refractivity contribution in [3.05, 3.63) is 0 Å². The Balaban J connectivity index is 3.95. The van der Waals surface area contributed by atoms with Crippen LogP contribution in [0.5, 0.6) is 0 Å². The summed E-state index contributed by atoms with van der Waals surface area (Å²) in [6, 6.07) is 0. The molecule has 0 amide bonds. The lowest BCUT2D eigenvalue weighted by atomic mass is 10.0. The van der Waals surface area contributed by atoms with Gasteiger partial charge in [-0.05, 0) is 32.7 Å². The fourth-order valence-corrected chi connectivity index (χ4v) is 1.89. The summed E-state index contributed by atoms with van der Waals surface area (Å²) < 4.78 is 22.0. The molecule has 0 fully saturated rings. The highest BCUT2D eigenvalue weighted by atomic mass is 32.2. The molecular formula is C10H23NO2S. The van der Waals surface area contributed by atoms with Crippen LogP contribution >= 0.6 is 0 Å². The molecule has 0 rings (SSSR count). The molecule has 0 aliphatic rings. The van der Waals surface area contributed by atoms with Crippen molar-refractivity contribution in [3.63, 3.8) is 0 Å². The molecule has 14 heavy (non-hydrogen) atoms. The molecule has 0 aliphatic heterocycles. The van der Waals surface area contributed by atoms with Gasteiger partial charge in [-0.15, -0.1) is 0 Å². The molecule has 0 saturated heterocycles. The number of sulfone groups is 1. The highest BCUT2D eigenvalue weighted by Crippen LogP contribution is 2.10. The molecule has 0 bridgehead atoms. The van der Waals surface area contributed by atoms with Crippen LogP contribution in [0.25, 0.3) is 0 Å². The highest BCUT2D eigenvalue weighted by molar-refractivity contribution is 7.90. The van der Waals surface area contributed by atoms with E-state index < -0.39 is 9.84 Å². The van der Waals surface area contributed by atoms with Crippen LogP contribution in [0.4, 0.5) is 0 Å². The monoisotopic (exact) mass is 221 g/mol. The van der Waals surface area contributed by atoms with Gasteiger partial charge in [0.15, 0.2) is 0 Å². The van der Waals surface area contributed by atoms with Gasteiger partial charge in [0.05, 0.1) is 5.75 Å². The van der Waals surface area contributed by atoms with Crippen molar-refractivity contribution < 1.29 is 8.42 Å². The first-order chi connectivity index (χ1) is 6.12. The number of rotatable bonds is 6. The van der Waals surface area contributed by atoms with E-state index in [-0.39, 0.29) is 11.3 Å². The second-order valence-electron chi connectivity index (χ2n) is 5.04. The molecule has 0 aromatic heterocycles. The third-order valence-electron chi connectivity index (χ3n) is 2.09. The summed E-state index contributed by atoms with van der Waals surface area (Å²) in [4.78, 5) is 0. The van der Waals surface area contributed by atoms with Crippen molar-refractivity contribution in [2.24, 2.45) is 5.92 Å². The normalized spacial score (nSPS) is 13.6. The standard InChI is InChI=1S/C10H23NO2S/c1-9(2)8-11-10(3,4)6-7-14(5,12)13/h9,11H,6-8H2,1-5H3. The summed E-state index contributed by atoms with van der Waals surface area (Å²) in [7, 11) is -2.84. The average molecular weight is 221 g/mol. The summed E-state index contributed by atoms with van der Waals surface area (Å²) in [5.74, 6) is 0.845. The van der Waals surface area contributed by atoms with Crippen LogP contribution in [0.3, 0.4) is 0 Å². The molecule has 0 saturated carbocycles. The van der Waals surface area contributed by atoms with E-state index in [0.29, 0.717) is 12.3 Å². The molecule has 0 unspecified atom stereocenters. The van der Waals surface area contributed by atoms with Gasteiger partial charge in [-0.2, -0.15) is 0 Å². The van der Waals surface area contributed by atoms with Gasteiger partial charge in [-0.1, -0.05) is 13.8 Å². The van der Waals surface area contributed by atoms with Gasteiger partial charge in [0.25, 0.3) is 0 Å². The van der Waals surface area contributed by atoms with E-state index in [1.807, 2.05) is 13.8 Å². The lowest BCUT2D eigenvalue weighted by molar-refractivity contribution is 0.354. The largest absolute Gasteiger partial charge is 0.312 e. The summed E-state index contributed by atoms with van der Waals surface area (Å²) in [5, 5.41) is 3.37. The zero-order chi connectivity index (χ0) is 11.4. The van der Waals surface area contributed by atoms with Crippen LogP contribution in [0, 0.1) is 5.92 Å². The molecule has 0 heterocycles. The molecule has 0 aromatic rings. The minimum absolute atomic E-state index is 0.0899. The number of hydrogen-bond donors (Lipinski definition) is 1. The van der Waals surface area contributed by atoms with Crippen molar-refractivity contribution in [1.82, 2.24) is 5.32 Å². The lowest BCUT2D eigenvalue weighted by Gasteiger charge is -2.27. The van der Waals surface area contributed by atoms with E-state index >= 15 is 0 Å². The Kier molecular flexibility index (Phi) is 5.09. The second-order valence-corrected chi connectivity index (χ2v) is 7.30. The van der Waals surface area contributed by atoms with Gasteiger partial charge in [-0.3, -0.25) is 0 Å². The van der Waals surface area contributed by atoms with E-state index in [1.54, 1.807) is 0 Å². The molecule has 0 atom stereocenters.